The summed E-state index contributed by atoms with van der Waals surface area (Å²) in [5.41, 5.74) is -2.79. The van der Waals surface area contributed by atoms with E-state index in [2.05, 4.69) is 10.3 Å². The molecule has 1 saturated carbocycles. The van der Waals surface area contributed by atoms with Crippen molar-refractivity contribution in [3.63, 3.8) is 0 Å². The van der Waals surface area contributed by atoms with Gasteiger partial charge in [0.1, 0.15) is 5.54 Å². The van der Waals surface area contributed by atoms with Crippen LogP contribution in [0.5, 0.6) is 0 Å². The number of rotatable bonds is 7. The third-order valence-corrected chi connectivity index (χ3v) is 6.82. The predicted octanol–water partition coefficient (Wildman–Crippen LogP) is 7.30. The predicted molar refractivity (Wildman–Crippen MR) is 126 cm³/mol. The quantitative estimate of drug-likeness (QED) is 0.332. The summed E-state index contributed by atoms with van der Waals surface area (Å²) in [7, 11) is 0. The van der Waals surface area contributed by atoms with Crippen LogP contribution in [0.4, 0.5) is 26.3 Å². The number of carbonyl (C=O) groups excluding carboxylic acids is 1. The fourth-order valence-electron chi connectivity index (χ4n) is 4.96. The van der Waals surface area contributed by atoms with Gasteiger partial charge in [-0.15, -0.1) is 0 Å². The summed E-state index contributed by atoms with van der Waals surface area (Å²) in [6.45, 7) is 0. The molecule has 3 nitrogen and oxygen atoms in total. The van der Waals surface area contributed by atoms with E-state index in [0.717, 1.165) is 49.9 Å². The number of nitrogens with zero attached hydrogens (tertiary/aromatic N) is 1. The maximum absolute atomic E-state index is 13.7. The average Bonchev–Trinajstić information content (AvgIpc) is 3.36. The Labute approximate surface area is 210 Å². The second-order valence-electron chi connectivity index (χ2n) is 9.48. The molecule has 1 aliphatic rings. The van der Waals surface area contributed by atoms with Crippen molar-refractivity contribution in [1.82, 2.24) is 10.3 Å². The van der Waals surface area contributed by atoms with Gasteiger partial charge in [0.05, 0.1) is 16.8 Å². The standard InChI is InChI=1S/C28H26F6N2O/c29-27(30,31)22-12-6-11-21(16-22)26(17-20-9-2-1-3-10-20,36-25(37)15-19-7-4-5-8-19)24-14-13-23(18-35-24)28(32,33)34/h1-3,6,9-14,16,18-19H,4-5,7-8,15,17H2,(H,36,37). The molecule has 1 amide bonds. The first kappa shape index (κ1) is 26.7. The van der Waals surface area contributed by atoms with Gasteiger partial charge in [0, 0.05) is 19.0 Å². The molecule has 196 valence electrons. The largest absolute Gasteiger partial charge is 0.417 e. The highest BCUT2D eigenvalue weighted by atomic mass is 19.4. The summed E-state index contributed by atoms with van der Waals surface area (Å²) < 4.78 is 80.8. The SMILES string of the molecule is O=C(CC1CCCC1)NC(Cc1ccccc1)(c1cccc(C(F)(F)F)c1)c1ccc(C(F)(F)F)cn1. The van der Waals surface area contributed by atoms with Crippen LogP contribution in [0.3, 0.4) is 0 Å². The fourth-order valence-corrected chi connectivity index (χ4v) is 4.96. The lowest BCUT2D eigenvalue weighted by atomic mass is 9.79. The van der Waals surface area contributed by atoms with Crippen LogP contribution < -0.4 is 5.32 Å². The summed E-state index contributed by atoms with van der Waals surface area (Å²) in [4.78, 5) is 17.4. The Balaban J connectivity index is 1.87. The van der Waals surface area contributed by atoms with Crippen LogP contribution in [0.15, 0.2) is 72.9 Å². The molecule has 0 aliphatic heterocycles. The molecule has 0 saturated heterocycles. The monoisotopic (exact) mass is 520 g/mol. The molecular weight excluding hydrogens is 494 g/mol. The van der Waals surface area contributed by atoms with Crippen molar-refractivity contribution >= 4 is 5.91 Å². The zero-order valence-electron chi connectivity index (χ0n) is 19.9. The summed E-state index contributed by atoms with van der Waals surface area (Å²) in [6, 6.07) is 15.2. The second-order valence-corrected chi connectivity index (χ2v) is 9.48. The molecule has 1 aromatic heterocycles. The lowest BCUT2D eigenvalue weighted by molar-refractivity contribution is -0.138. The summed E-state index contributed by atoms with van der Waals surface area (Å²) in [5.74, 6) is -0.238. The van der Waals surface area contributed by atoms with Crippen molar-refractivity contribution in [2.75, 3.05) is 0 Å². The van der Waals surface area contributed by atoms with Gasteiger partial charge < -0.3 is 5.32 Å². The molecule has 1 heterocycles. The van der Waals surface area contributed by atoms with Gasteiger partial charge in [-0.1, -0.05) is 55.3 Å². The van der Waals surface area contributed by atoms with Crippen molar-refractivity contribution in [2.24, 2.45) is 5.92 Å². The first-order chi connectivity index (χ1) is 17.5. The van der Waals surface area contributed by atoms with Gasteiger partial charge in [-0.05, 0) is 54.2 Å². The number of pyridine rings is 1. The minimum atomic E-state index is -4.66. The molecule has 2 aromatic carbocycles. The highest BCUT2D eigenvalue weighted by Gasteiger charge is 2.41. The van der Waals surface area contributed by atoms with Crippen molar-refractivity contribution in [3.05, 3.63) is 101 Å². The minimum absolute atomic E-state index is 0.01000. The number of hydrogen-bond donors (Lipinski definition) is 1. The number of halogens is 6. The Kier molecular flexibility index (Phi) is 7.62. The molecule has 9 heteroatoms. The number of aromatic nitrogens is 1. The van der Waals surface area contributed by atoms with E-state index in [1.165, 1.54) is 12.1 Å². The first-order valence-corrected chi connectivity index (χ1v) is 12.0. The Morgan fingerprint density at radius 2 is 1.46 bits per heavy atom. The smallest absolute Gasteiger partial charge is 0.341 e. The normalized spacial score (nSPS) is 16.4. The van der Waals surface area contributed by atoms with Crippen molar-refractivity contribution < 1.29 is 31.1 Å². The Morgan fingerprint density at radius 1 is 0.811 bits per heavy atom. The summed E-state index contributed by atoms with van der Waals surface area (Å²) in [6.07, 6.45) is -4.73. The zero-order chi connectivity index (χ0) is 26.7. The molecule has 0 spiro atoms. The van der Waals surface area contributed by atoms with Crippen LogP contribution in [-0.2, 0) is 29.1 Å². The summed E-state index contributed by atoms with van der Waals surface area (Å²) in [5, 5.41) is 2.93. The van der Waals surface area contributed by atoms with E-state index in [1.807, 2.05) is 0 Å². The number of benzene rings is 2. The second kappa shape index (κ2) is 10.6. The lowest BCUT2D eigenvalue weighted by Crippen LogP contribution is -2.49. The minimum Gasteiger partial charge on any atom is -0.341 e. The Bertz CT molecular complexity index is 1200. The molecule has 1 aliphatic carbocycles. The molecular formula is C28H26F6N2O. The van der Waals surface area contributed by atoms with Gasteiger partial charge in [0.25, 0.3) is 0 Å². The van der Waals surface area contributed by atoms with Crippen LogP contribution in [0.25, 0.3) is 0 Å². The summed E-state index contributed by atoms with van der Waals surface area (Å²) >= 11 is 0. The maximum Gasteiger partial charge on any atom is 0.417 e. The van der Waals surface area contributed by atoms with E-state index in [1.54, 1.807) is 30.3 Å². The van der Waals surface area contributed by atoms with Crippen LogP contribution in [0.2, 0.25) is 0 Å². The molecule has 4 rings (SSSR count). The highest BCUT2D eigenvalue weighted by molar-refractivity contribution is 5.78. The fraction of sp³-hybridized carbons (Fsp3) is 0.357. The van der Waals surface area contributed by atoms with Crippen LogP contribution in [0, 0.1) is 5.92 Å². The Morgan fingerprint density at radius 3 is 2.05 bits per heavy atom. The molecule has 37 heavy (non-hydrogen) atoms. The number of hydrogen-bond acceptors (Lipinski definition) is 2. The molecule has 1 atom stereocenters. The number of amides is 1. The average molecular weight is 521 g/mol. The van der Waals surface area contributed by atoms with Gasteiger partial charge in [0.2, 0.25) is 5.91 Å². The Hall–Kier alpha value is -3.36. The van der Waals surface area contributed by atoms with E-state index < -0.39 is 29.0 Å². The zero-order valence-corrected chi connectivity index (χ0v) is 19.9. The molecule has 0 bridgehead atoms. The van der Waals surface area contributed by atoms with Crippen molar-refractivity contribution in [2.45, 2.75) is 56.4 Å². The van der Waals surface area contributed by atoms with Gasteiger partial charge in [0.15, 0.2) is 0 Å². The number of carbonyl (C=O) groups is 1. The van der Waals surface area contributed by atoms with Crippen LogP contribution in [0.1, 0.15) is 60.1 Å². The molecule has 1 unspecified atom stereocenters. The number of alkyl halides is 6. The third-order valence-electron chi connectivity index (χ3n) is 6.82. The first-order valence-electron chi connectivity index (χ1n) is 12.0. The van der Waals surface area contributed by atoms with E-state index in [9.17, 15) is 31.1 Å². The van der Waals surface area contributed by atoms with Gasteiger partial charge in [-0.25, -0.2) is 0 Å². The maximum atomic E-state index is 13.7. The van der Waals surface area contributed by atoms with E-state index in [4.69, 9.17) is 0 Å². The van der Waals surface area contributed by atoms with E-state index in [0.29, 0.717) is 11.8 Å². The van der Waals surface area contributed by atoms with Gasteiger partial charge in [-0.3, -0.25) is 9.78 Å². The van der Waals surface area contributed by atoms with E-state index >= 15 is 0 Å². The topological polar surface area (TPSA) is 42.0 Å². The molecule has 0 radical (unpaired) electrons. The van der Waals surface area contributed by atoms with Crippen molar-refractivity contribution in [3.8, 4) is 0 Å². The van der Waals surface area contributed by atoms with Crippen LogP contribution in [-0.4, -0.2) is 10.9 Å². The van der Waals surface area contributed by atoms with Crippen molar-refractivity contribution in [1.29, 1.82) is 0 Å². The van der Waals surface area contributed by atoms with Gasteiger partial charge >= 0.3 is 12.4 Å². The third kappa shape index (κ3) is 6.32. The van der Waals surface area contributed by atoms with E-state index in [-0.39, 0.29) is 35.9 Å². The lowest BCUT2D eigenvalue weighted by Gasteiger charge is -2.36. The van der Waals surface area contributed by atoms with Crippen LogP contribution >= 0.6 is 0 Å². The highest BCUT2D eigenvalue weighted by Crippen LogP contribution is 2.38. The molecule has 3 aromatic rings. The number of nitrogens with one attached hydrogen (secondary N) is 1. The molecule has 1 fully saturated rings. The molecule has 1 N–H and O–H groups in total. The van der Waals surface area contributed by atoms with Gasteiger partial charge in [-0.2, -0.15) is 26.3 Å².